The summed E-state index contributed by atoms with van der Waals surface area (Å²) in [5.41, 5.74) is 8.34. The summed E-state index contributed by atoms with van der Waals surface area (Å²) >= 11 is 0. The topological polar surface area (TPSA) is 55.1 Å². The maximum absolute atomic E-state index is 12.3. The van der Waals surface area contributed by atoms with Crippen molar-refractivity contribution < 1.29 is 4.79 Å². The van der Waals surface area contributed by atoms with E-state index in [1.54, 1.807) is 0 Å². The van der Waals surface area contributed by atoms with Crippen molar-refractivity contribution in [2.24, 2.45) is 5.73 Å². The van der Waals surface area contributed by atoms with E-state index >= 15 is 0 Å². The van der Waals surface area contributed by atoms with Crippen LogP contribution in [0.15, 0.2) is 60.7 Å². The molecule has 1 amide bonds. The van der Waals surface area contributed by atoms with Gasteiger partial charge in [-0.2, -0.15) is 0 Å². The van der Waals surface area contributed by atoms with Crippen LogP contribution < -0.4 is 11.1 Å². The molecular weight excluding hydrogens is 284 g/mol. The molecule has 2 aromatic carbocycles. The van der Waals surface area contributed by atoms with Crippen LogP contribution in [0.2, 0.25) is 0 Å². The lowest BCUT2D eigenvalue weighted by atomic mass is 9.81. The molecule has 0 radical (unpaired) electrons. The Morgan fingerprint density at radius 2 is 1.48 bits per heavy atom. The van der Waals surface area contributed by atoms with Gasteiger partial charge in [0.15, 0.2) is 0 Å². The molecule has 2 aromatic rings. The maximum Gasteiger partial charge on any atom is 0.241 e. The monoisotopic (exact) mass is 308 g/mol. The van der Waals surface area contributed by atoms with Crippen LogP contribution in [-0.2, 0) is 4.79 Å². The molecule has 0 spiro atoms. The highest BCUT2D eigenvalue weighted by Crippen LogP contribution is 2.32. The maximum atomic E-state index is 12.3. The van der Waals surface area contributed by atoms with Crippen LogP contribution in [0.1, 0.15) is 48.8 Å². The molecule has 0 bridgehead atoms. The van der Waals surface area contributed by atoms with Crippen LogP contribution in [0.3, 0.4) is 0 Å². The van der Waals surface area contributed by atoms with Crippen molar-refractivity contribution >= 4 is 5.91 Å². The van der Waals surface area contributed by atoms with E-state index in [-0.39, 0.29) is 11.9 Å². The Balaban J connectivity index is 1.52. The van der Waals surface area contributed by atoms with Gasteiger partial charge >= 0.3 is 0 Å². The lowest BCUT2D eigenvalue weighted by Crippen LogP contribution is -2.42. The zero-order valence-corrected chi connectivity index (χ0v) is 13.3. The number of hydrogen-bond acceptors (Lipinski definition) is 2. The van der Waals surface area contributed by atoms with Gasteiger partial charge in [-0.05, 0) is 42.7 Å². The zero-order valence-electron chi connectivity index (χ0n) is 13.3. The molecule has 0 saturated heterocycles. The number of amides is 1. The third-order valence-corrected chi connectivity index (χ3v) is 4.79. The molecule has 1 saturated carbocycles. The van der Waals surface area contributed by atoms with E-state index in [0.29, 0.717) is 5.92 Å². The highest BCUT2D eigenvalue weighted by molar-refractivity contribution is 5.83. The number of carbonyl (C=O) groups excluding carboxylic acids is 1. The quantitative estimate of drug-likeness (QED) is 0.908. The molecule has 3 nitrogen and oxygen atoms in total. The second-order valence-corrected chi connectivity index (χ2v) is 6.36. The molecule has 1 atom stereocenters. The lowest BCUT2D eigenvalue weighted by Gasteiger charge is -2.30. The first-order valence-electron chi connectivity index (χ1n) is 8.40. The first-order chi connectivity index (χ1) is 11.2. The summed E-state index contributed by atoms with van der Waals surface area (Å²) in [5.74, 6) is 0.548. The molecule has 0 aromatic heterocycles. The molecule has 3 N–H and O–H groups in total. The van der Waals surface area contributed by atoms with Crippen molar-refractivity contribution in [1.29, 1.82) is 0 Å². The zero-order chi connectivity index (χ0) is 16.1. The normalized spacial score (nSPS) is 22.3. The van der Waals surface area contributed by atoms with Gasteiger partial charge in [-0.3, -0.25) is 4.79 Å². The van der Waals surface area contributed by atoms with Crippen LogP contribution in [-0.4, -0.2) is 11.9 Å². The second kappa shape index (κ2) is 7.42. The Bertz CT molecular complexity index is 619. The third-order valence-electron chi connectivity index (χ3n) is 4.79. The molecular formula is C20H24N2O. The van der Waals surface area contributed by atoms with Gasteiger partial charge in [-0.15, -0.1) is 0 Å². The summed E-state index contributed by atoms with van der Waals surface area (Å²) in [6.07, 6.45) is 4.28. The number of carbonyl (C=O) groups is 1. The lowest BCUT2D eigenvalue weighted by molar-refractivity contribution is -0.123. The predicted octanol–water partition coefficient (Wildman–Crippen LogP) is 3.53. The van der Waals surface area contributed by atoms with Gasteiger partial charge in [0.25, 0.3) is 0 Å². The van der Waals surface area contributed by atoms with Crippen LogP contribution in [0.5, 0.6) is 0 Å². The van der Waals surface area contributed by atoms with E-state index in [2.05, 4.69) is 35.6 Å². The Labute approximate surface area is 137 Å². The fraction of sp³-hybridized carbons (Fsp3) is 0.350. The Kier molecular flexibility index (Phi) is 5.09. The molecule has 120 valence electrons. The van der Waals surface area contributed by atoms with Gasteiger partial charge in [0.05, 0.1) is 0 Å². The van der Waals surface area contributed by atoms with E-state index in [0.717, 1.165) is 31.2 Å². The third kappa shape index (κ3) is 3.99. The number of benzene rings is 2. The van der Waals surface area contributed by atoms with Gasteiger partial charge in [-0.25, -0.2) is 0 Å². The first kappa shape index (κ1) is 15.8. The smallest absolute Gasteiger partial charge is 0.241 e. The summed E-state index contributed by atoms with van der Waals surface area (Å²) in [6, 6.07) is 19.9. The van der Waals surface area contributed by atoms with Gasteiger partial charge in [0, 0.05) is 6.04 Å². The van der Waals surface area contributed by atoms with Gasteiger partial charge < -0.3 is 11.1 Å². The van der Waals surface area contributed by atoms with E-state index in [1.165, 1.54) is 5.56 Å². The predicted molar refractivity (Wildman–Crippen MR) is 93.0 cm³/mol. The fourth-order valence-electron chi connectivity index (χ4n) is 3.40. The van der Waals surface area contributed by atoms with Crippen molar-refractivity contribution in [3.63, 3.8) is 0 Å². The SMILES string of the molecule is NC(C(=O)NC1CCC(c2ccccc2)CC1)c1ccccc1. The van der Waals surface area contributed by atoms with Crippen molar-refractivity contribution in [3.05, 3.63) is 71.8 Å². The van der Waals surface area contributed by atoms with Crippen molar-refractivity contribution in [1.82, 2.24) is 5.32 Å². The molecule has 3 heteroatoms. The van der Waals surface area contributed by atoms with Crippen molar-refractivity contribution in [2.45, 2.75) is 43.7 Å². The highest BCUT2D eigenvalue weighted by atomic mass is 16.2. The summed E-state index contributed by atoms with van der Waals surface area (Å²) < 4.78 is 0. The molecule has 3 rings (SSSR count). The minimum Gasteiger partial charge on any atom is -0.352 e. The summed E-state index contributed by atoms with van der Waals surface area (Å²) in [6.45, 7) is 0. The highest BCUT2D eigenvalue weighted by Gasteiger charge is 2.25. The molecule has 1 aliphatic carbocycles. The Morgan fingerprint density at radius 1 is 0.913 bits per heavy atom. The van der Waals surface area contributed by atoms with Gasteiger partial charge in [0.2, 0.25) is 5.91 Å². The summed E-state index contributed by atoms with van der Waals surface area (Å²) in [7, 11) is 0. The van der Waals surface area contributed by atoms with Crippen LogP contribution in [0, 0.1) is 0 Å². The number of nitrogens with two attached hydrogens (primary N) is 1. The standard InChI is InChI=1S/C20H24N2O/c21-19(17-9-5-2-6-10-17)20(23)22-18-13-11-16(12-14-18)15-7-3-1-4-8-15/h1-10,16,18-19H,11-14,21H2,(H,22,23). The Hall–Kier alpha value is -2.13. The van der Waals surface area contributed by atoms with Gasteiger partial charge in [0.1, 0.15) is 6.04 Å². The van der Waals surface area contributed by atoms with Crippen molar-refractivity contribution in [2.75, 3.05) is 0 Å². The largest absolute Gasteiger partial charge is 0.352 e. The number of rotatable bonds is 4. The number of nitrogens with one attached hydrogen (secondary N) is 1. The van der Waals surface area contributed by atoms with Crippen LogP contribution in [0.25, 0.3) is 0 Å². The average Bonchev–Trinajstić information content (AvgIpc) is 2.63. The van der Waals surface area contributed by atoms with Crippen LogP contribution >= 0.6 is 0 Å². The second-order valence-electron chi connectivity index (χ2n) is 6.36. The Morgan fingerprint density at radius 3 is 2.09 bits per heavy atom. The number of hydrogen-bond donors (Lipinski definition) is 2. The minimum absolute atomic E-state index is 0.0700. The molecule has 1 fully saturated rings. The summed E-state index contributed by atoms with van der Waals surface area (Å²) in [4.78, 5) is 12.3. The summed E-state index contributed by atoms with van der Waals surface area (Å²) in [5, 5.41) is 3.13. The first-order valence-corrected chi connectivity index (χ1v) is 8.40. The molecule has 23 heavy (non-hydrogen) atoms. The van der Waals surface area contributed by atoms with E-state index < -0.39 is 6.04 Å². The fourth-order valence-corrected chi connectivity index (χ4v) is 3.40. The molecule has 1 unspecified atom stereocenters. The molecule has 0 aliphatic heterocycles. The molecule has 1 aliphatic rings. The van der Waals surface area contributed by atoms with E-state index in [1.807, 2.05) is 30.3 Å². The van der Waals surface area contributed by atoms with Gasteiger partial charge in [-0.1, -0.05) is 60.7 Å². The van der Waals surface area contributed by atoms with E-state index in [4.69, 9.17) is 5.73 Å². The van der Waals surface area contributed by atoms with Crippen LogP contribution in [0.4, 0.5) is 0 Å². The molecule has 0 heterocycles. The van der Waals surface area contributed by atoms with E-state index in [9.17, 15) is 4.79 Å². The minimum atomic E-state index is -0.581. The average molecular weight is 308 g/mol. The van der Waals surface area contributed by atoms with Crippen molar-refractivity contribution in [3.8, 4) is 0 Å².